The Morgan fingerprint density at radius 3 is 2.52 bits per heavy atom. The van der Waals surface area contributed by atoms with Crippen molar-refractivity contribution in [3.05, 3.63) is 82.9 Å². The maximum absolute atomic E-state index is 14.0. The molecule has 6 rings (SSSR count). The van der Waals surface area contributed by atoms with Gasteiger partial charge in [-0.1, -0.05) is 42.8 Å². The number of sulfonamides is 1. The van der Waals surface area contributed by atoms with Gasteiger partial charge in [0, 0.05) is 76.5 Å². The Balaban J connectivity index is 1.27. The number of hydrogen-bond donors (Lipinski definition) is 1. The first-order valence-electron chi connectivity index (χ1n) is 20.3. The van der Waals surface area contributed by atoms with Crippen molar-refractivity contribution >= 4 is 49.3 Å². The van der Waals surface area contributed by atoms with Crippen LogP contribution in [0.4, 0.5) is 5.69 Å². The minimum atomic E-state index is -4.54. The number of halogens is 1. The number of aryl methyl sites for hydroxylation is 1. The molecule has 2 aliphatic carbocycles. The van der Waals surface area contributed by atoms with Crippen LogP contribution in [0.25, 0.3) is 0 Å². The number of carbonyl (C=O) groups excluding carboxylic acids is 2. The number of allylic oxidation sites excluding steroid dienone is 2. The van der Waals surface area contributed by atoms with Crippen LogP contribution >= 0.6 is 11.6 Å². The molecule has 1 saturated carbocycles. The molecule has 2 fully saturated rings. The molecule has 16 heteroatoms. The summed E-state index contributed by atoms with van der Waals surface area (Å²) in [6.45, 7) is 7.62. The minimum absolute atomic E-state index is 0.0121. The number of benzene rings is 2. The second-order valence-electron chi connectivity index (χ2n) is 16.2. The molecule has 2 aromatic rings. The molecule has 58 heavy (non-hydrogen) atoms. The largest absolute Gasteiger partial charge is 0.490 e. The quantitative estimate of drug-likeness (QED) is 0.240. The second-order valence-corrected chi connectivity index (χ2v) is 20.6. The highest BCUT2D eigenvalue weighted by atomic mass is 35.5. The van der Waals surface area contributed by atoms with Gasteiger partial charge in [-0.25, -0.2) is 13.1 Å². The molecule has 2 amide bonds. The molecule has 1 saturated heterocycles. The number of fused-ring (bicyclic) bond motifs is 3. The Labute approximate surface area is 349 Å². The first kappa shape index (κ1) is 44.1. The predicted octanol–water partition coefficient (Wildman–Crippen LogP) is 5.17. The van der Waals surface area contributed by atoms with Gasteiger partial charge in [-0.15, -0.1) is 6.58 Å². The van der Waals surface area contributed by atoms with Crippen LogP contribution in [-0.2, 0) is 41.6 Å². The van der Waals surface area contributed by atoms with Gasteiger partial charge in [0.25, 0.3) is 16.1 Å². The van der Waals surface area contributed by atoms with Crippen molar-refractivity contribution in [2.24, 2.45) is 11.8 Å². The van der Waals surface area contributed by atoms with Gasteiger partial charge in [0.15, 0.2) is 5.25 Å². The smallest absolute Gasteiger partial charge is 0.281 e. The van der Waals surface area contributed by atoms with Crippen molar-refractivity contribution in [1.29, 1.82) is 0 Å². The Kier molecular flexibility index (Phi) is 14.0. The first-order valence-corrected chi connectivity index (χ1v) is 23.6. The van der Waals surface area contributed by atoms with E-state index in [0.29, 0.717) is 48.0 Å². The zero-order chi connectivity index (χ0) is 41.8. The number of nitrogens with zero attached hydrogens (tertiary/aromatic N) is 4. The lowest BCUT2D eigenvalue weighted by molar-refractivity contribution is -0.132. The van der Waals surface area contributed by atoms with Crippen molar-refractivity contribution in [2.45, 2.75) is 75.1 Å². The normalized spacial score (nSPS) is 23.7. The number of piperazine rings is 1. The summed E-state index contributed by atoms with van der Waals surface area (Å²) in [5.41, 5.74) is 2.91. The molecule has 0 aromatic heterocycles. The third kappa shape index (κ3) is 9.29. The maximum Gasteiger partial charge on any atom is 0.281 e. The predicted molar refractivity (Wildman–Crippen MR) is 227 cm³/mol. The summed E-state index contributed by atoms with van der Waals surface area (Å²) in [4.78, 5) is 31.5. The fraction of sp³-hybridized carbons (Fsp3) is 0.571. The van der Waals surface area contributed by atoms with E-state index in [9.17, 15) is 26.4 Å². The minimum Gasteiger partial charge on any atom is -0.490 e. The van der Waals surface area contributed by atoms with E-state index < -0.39 is 37.3 Å². The molecule has 0 unspecified atom stereocenters. The van der Waals surface area contributed by atoms with Crippen molar-refractivity contribution in [3.63, 3.8) is 0 Å². The van der Waals surface area contributed by atoms with Crippen LogP contribution < -0.4 is 14.4 Å². The summed E-state index contributed by atoms with van der Waals surface area (Å²) in [7, 11) is -3.63. The summed E-state index contributed by atoms with van der Waals surface area (Å²) >= 11 is 6.46. The summed E-state index contributed by atoms with van der Waals surface area (Å²) in [5, 5.41) is -0.886. The molecular weight excluding hydrogens is 802 g/mol. The number of methoxy groups -OCH3 is 1. The van der Waals surface area contributed by atoms with Gasteiger partial charge in [0.1, 0.15) is 5.75 Å². The molecule has 1 spiro atoms. The Morgan fingerprint density at radius 2 is 1.86 bits per heavy atom. The van der Waals surface area contributed by atoms with Gasteiger partial charge < -0.3 is 19.3 Å². The van der Waals surface area contributed by atoms with Gasteiger partial charge in [-0.05, 0) is 105 Å². The Hall–Kier alpha value is -3.47. The van der Waals surface area contributed by atoms with Crippen LogP contribution in [0.3, 0.4) is 0 Å². The summed E-state index contributed by atoms with van der Waals surface area (Å²) < 4.78 is 70.4. The highest BCUT2D eigenvalue weighted by Gasteiger charge is 2.45. The Morgan fingerprint density at radius 1 is 1.10 bits per heavy atom. The number of nitrogens with one attached hydrogen (secondary N) is 1. The van der Waals surface area contributed by atoms with E-state index in [0.717, 1.165) is 42.8 Å². The summed E-state index contributed by atoms with van der Waals surface area (Å²) in [6.07, 6.45) is 11.7. The average molecular weight is 861 g/mol. The summed E-state index contributed by atoms with van der Waals surface area (Å²) in [5.74, 6) is -0.318. The first-order chi connectivity index (χ1) is 27.6. The lowest BCUT2D eigenvalue weighted by atomic mass is 9.68. The zero-order valence-electron chi connectivity index (χ0n) is 34.1. The van der Waals surface area contributed by atoms with E-state index in [1.165, 1.54) is 40.5 Å². The molecule has 4 aliphatic rings. The van der Waals surface area contributed by atoms with E-state index >= 15 is 0 Å². The highest BCUT2D eigenvalue weighted by molar-refractivity contribution is 7.91. The van der Waals surface area contributed by atoms with Crippen molar-refractivity contribution < 1.29 is 35.9 Å². The average Bonchev–Trinajstić information content (AvgIpc) is 3.34. The fourth-order valence-corrected chi connectivity index (χ4v) is 11.6. The molecule has 318 valence electrons. The topological polar surface area (TPSA) is 146 Å². The number of ether oxygens (including phenoxy) is 2. The van der Waals surface area contributed by atoms with E-state index in [4.69, 9.17) is 21.1 Å². The van der Waals surface area contributed by atoms with Crippen LogP contribution in [0.5, 0.6) is 5.75 Å². The molecule has 5 atom stereocenters. The van der Waals surface area contributed by atoms with E-state index in [1.807, 2.05) is 6.07 Å². The molecule has 2 heterocycles. The molecule has 0 bridgehead atoms. The molecule has 2 aromatic carbocycles. The molecular formula is C42H58ClN5O8S2. The van der Waals surface area contributed by atoms with Crippen LogP contribution in [-0.4, -0.2) is 121 Å². The van der Waals surface area contributed by atoms with E-state index in [-0.39, 0.29) is 56.1 Å². The fourth-order valence-electron chi connectivity index (χ4n) is 8.97. The lowest BCUT2D eigenvalue weighted by Crippen LogP contribution is -2.56. The van der Waals surface area contributed by atoms with Gasteiger partial charge in [0.05, 0.1) is 18.4 Å². The number of anilines is 1. The third-order valence-corrected chi connectivity index (χ3v) is 16.2. The number of rotatable bonds is 15. The Bertz CT molecular complexity index is 2090. The van der Waals surface area contributed by atoms with E-state index in [1.54, 1.807) is 25.3 Å². The second kappa shape index (κ2) is 18.4. The van der Waals surface area contributed by atoms with Crippen molar-refractivity contribution in [1.82, 2.24) is 18.2 Å². The molecule has 0 radical (unpaired) electrons. The SMILES string of the molecule is C=CCC[C@@H](C(=O)N1CCN(S(=O)(=O)N(C)C)CC1)S(=O)(=O)NC(=O)c1ccc2c(c1)N(C[C@@H]1CC[C@H]1[C@H](/C=C/CC)OC)C[C@@]1(CCCc3cc(Cl)ccc31)CO2. The third-order valence-electron chi connectivity index (χ3n) is 12.3. The molecule has 1 N–H and O–H groups in total. The van der Waals surface area contributed by atoms with Crippen LogP contribution in [0.2, 0.25) is 5.02 Å². The monoisotopic (exact) mass is 859 g/mol. The van der Waals surface area contributed by atoms with Crippen molar-refractivity contribution in [3.8, 4) is 5.75 Å². The molecule has 13 nitrogen and oxygen atoms in total. The molecule has 2 aliphatic heterocycles. The number of amides is 2. The van der Waals surface area contributed by atoms with Gasteiger partial charge >= 0.3 is 0 Å². The van der Waals surface area contributed by atoms with Crippen LogP contribution in [0.1, 0.15) is 73.4 Å². The lowest BCUT2D eigenvalue weighted by Gasteiger charge is -2.46. The number of hydrogen-bond acceptors (Lipinski definition) is 9. The standard InChI is InChI=1S/C42H58ClN5O8S2/c1-6-8-12-37(55-5)34-17-14-32(34)27-47-28-42(20-10-11-30-25-33(43)16-18-35(30)42)29-56-38-19-15-31(26-36(38)47)40(49)44-57(51,52)39(13-9-7-2)41(50)46-21-23-48(24-22-46)58(53,54)45(3)4/h7-8,12,15-16,18-19,25-26,32,34,37,39H,2,6,9-11,13-14,17,20-24,27-29H2,1,3-5H3,(H,44,49)/b12-8+/t32-,34+,37-,39-,42-/m0/s1. The van der Waals surface area contributed by atoms with E-state index in [2.05, 4.69) is 47.4 Å². The van der Waals surface area contributed by atoms with Gasteiger partial charge in [0.2, 0.25) is 15.9 Å². The zero-order valence-corrected chi connectivity index (χ0v) is 36.5. The maximum atomic E-state index is 14.0. The number of carbonyl (C=O) groups is 2. The van der Waals surface area contributed by atoms with Gasteiger partial charge in [-0.2, -0.15) is 17.0 Å². The van der Waals surface area contributed by atoms with Crippen molar-refractivity contribution in [2.75, 3.05) is 72.0 Å². The van der Waals surface area contributed by atoms with Crippen LogP contribution in [0.15, 0.2) is 61.2 Å². The van der Waals surface area contributed by atoms with Crippen LogP contribution in [0, 0.1) is 11.8 Å². The highest BCUT2D eigenvalue weighted by Crippen LogP contribution is 2.47. The van der Waals surface area contributed by atoms with Gasteiger partial charge in [-0.3, -0.25) is 9.59 Å². The summed E-state index contributed by atoms with van der Waals surface area (Å²) in [6, 6.07) is 11.1.